The van der Waals surface area contributed by atoms with E-state index in [1.807, 2.05) is 11.6 Å². The Hall–Kier alpha value is -0.810. The molecular formula is C12H15NS. The molecule has 0 spiro atoms. The highest BCUT2D eigenvalue weighted by atomic mass is 32.1. The van der Waals surface area contributed by atoms with Gasteiger partial charge in [-0.3, -0.25) is 0 Å². The van der Waals surface area contributed by atoms with Crippen LogP contribution in [0.3, 0.4) is 0 Å². The second-order valence-electron chi connectivity index (χ2n) is 3.85. The van der Waals surface area contributed by atoms with Gasteiger partial charge in [0.25, 0.3) is 0 Å². The molecule has 1 heterocycles. The van der Waals surface area contributed by atoms with E-state index in [0.717, 1.165) is 17.3 Å². The molecule has 0 unspecified atom stereocenters. The third kappa shape index (κ3) is 2.85. The zero-order chi connectivity index (χ0) is 9.64. The summed E-state index contributed by atoms with van der Waals surface area (Å²) in [5.41, 5.74) is 0. The van der Waals surface area contributed by atoms with E-state index >= 15 is 0 Å². The summed E-state index contributed by atoms with van der Waals surface area (Å²) in [5, 5.41) is 2.94. The molecule has 1 fully saturated rings. The van der Waals surface area contributed by atoms with Crippen LogP contribution in [0.15, 0.2) is 11.6 Å². The lowest BCUT2D eigenvalue weighted by atomic mass is 9.87. The molecule has 0 bridgehead atoms. The molecule has 74 valence electrons. The molecule has 0 N–H and O–H groups in total. The first-order valence-electron chi connectivity index (χ1n) is 5.33. The number of hydrogen-bond donors (Lipinski definition) is 0. The Bertz CT molecular complexity index is 312. The third-order valence-electron chi connectivity index (χ3n) is 2.74. The Morgan fingerprint density at radius 2 is 2.21 bits per heavy atom. The fourth-order valence-electron chi connectivity index (χ4n) is 1.95. The number of hydrogen-bond acceptors (Lipinski definition) is 2. The predicted octanol–water partition coefficient (Wildman–Crippen LogP) is 3.47. The van der Waals surface area contributed by atoms with Crippen LogP contribution in [-0.4, -0.2) is 4.98 Å². The highest BCUT2D eigenvalue weighted by Crippen LogP contribution is 2.25. The smallest absolute Gasteiger partial charge is 0.166 e. The molecule has 0 aliphatic heterocycles. The van der Waals surface area contributed by atoms with Crippen LogP contribution in [0.25, 0.3) is 0 Å². The van der Waals surface area contributed by atoms with Gasteiger partial charge in [0.1, 0.15) is 0 Å². The quantitative estimate of drug-likeness (QED) is 0.640. The van der Waals surface area contributed by atoms with Gasteiger partial charge in [-0.2, -0.15) is 0 Å². The van der Waals surface area contributed by atoms with Gasteiger partial charge in [0, 0.05) is 18.0 Å². The average Bonchev–Trinajstić information content (AvgIpc) is 2.72. The fraction of sp³-hybridized carbons (Fsp3) is 0.583. The van der Waals surface area contributed by atoms with Gasteiger partial charge in [-0.1, -0.05) is 25.2 Å². The Morgan fingerprint density at radius 1 is 1.36 bits per heavy atom. The minimum Gasteiger partial charge on any atom is -0.236 e. The van der Waals surface area contributed by atoms with Crippen LogP contribution >= 0.6 is 11.3 Å². The summed E-state index contributed by atoms with van der Waals surface area (Å²) in [6, 6.07) is 0. The molecule has 2 rings (SSSR count). The monoisotopic (exact) mass is 205 g/mol. The largest absolute Gasteiger partial charge is 0.236 e. The molecule has 0 amide bonds. The van der Waals surface area contributed by atoms with Gasteiger partial charge in [0.2, 0.25) is 0 Å². The van der Waals surface area contributed by atoms with Crippen molar-refractivity contribution < 1.29 is 0 Å². The molecule has 0 aromatic carbocycles. The molecule has 0 radical (unpaired) electrons. The molecule has 1 nitrogen and oxygen atoms in total. The van der Waals surface area contributed by atoms with E-state index in [1.165, 1.54) is 32.1 Å². The molecule has 0 atom stereocenters. The summed E-state index contributed by atoms with van der Waals surface area (Å²) < 4.78 is 0. The zero-order valence-electron chi connectivity index (χ0n) is 8.33. The summed E-state index contributed by atoms with van der Waals surface area (Å²) in [6.45, 7) is 0. The Kier molecular flexibility index (Phi) is 3.59. The summed E-state index contributed by atoms with van der Waals surface area (Å²) >= 11 is 1.62. The summed E-state index contributed by atoms with van der Waals surface area (Å²) in [5.74, 6) is 7.24. The first kappa shape index (κ1) is 9.73. The van der Waals surface area contributed by atoms with Crippen molar-refractivity contribution in [1.82, 2.24) is 4.98 Å². The van der Waals surface area contributed by atoms with E-state index in [9.17, 15) is 0 Å². The van der Waals surface area contributed by atoms with Gasteiger partial charge in [0.05, 0.1) is 0 Å². The van der Waals surface area contributed by atoms with Gasteiger partial charge in [-0.05, 0) is 24.7 Å². The molecular weight excluding hydrogens is 190 g/mol. The average molecular weight is 205 g/mol. The maximum atomic E-state index is 4.14. The highest BCUT2D eigenvalue weighted by Gasteiger charge is 2.11. The van der Waals surface area contributed by atoms with Crippen molar-refractivity contribution in [3.63, 3.8) is 0 Å². The summed E-state index contributed by atoms with van der Waals surface area (Å²) in [6.07, 6.45) is 9.89. The number of thiazole rings is 1. The van der Waals surface area contributed by atoms with Crippen molar-refractivity contribution in [2.75, 3.05) is 0 Å². The fourth-order valence-corrected chi connectivity index (χ4v) is 2.45. The minimum absolute atomic E-state index is 0.858. The number of rotatable bonds is 1. The number of nitrogens with zero attached hydrogens (tertiary/aromatic N) is 1. The second kappa shape index (κ2) is 5.17. The van der Waals surface area contributed by atoms with Crippen molar-refractivity contribution >= 4 is 11.3 Å². The lowest BCUT2D eigenvalue weighted by Gasteiger charge is -2.18. The van der Waals surface area contributed by atoms with E-state index in [1.54, 1.807) is 11.3 Å². The van der Waals surface area contributed by atoms with Crippen molar-refractivity contribution in [2.45, 2.75) is 38.5 Å². The zero-order valence-corrected chi connectivity index (χ0v) is 9.15. The molecule has 0 saturated heterocycles. The Balaban J connectivity index is 1.80. The summed E-state index contributed by atoms with van der Waals surface area (Å²) in [7, 11) is 0. The van der Waals surface area contributed by atoms with Crippen LogP contribution in [0.4, 0.5) is 0 Å². The van der Waals surface area contributed by atoms with Gasteiger partial charge in [-0.15, -0.1) is 11.3 Å². The molecule has 2 heteroatoms. The van der Waals surface area contributed by atoms with Gasteiger partial charge >= 0.3 is 0 Å². The van der Waals surface area contributed by atoms with E-state index in [4.69, 9.17) is 0 Å². The second-order valence-corrected chi connectivity index (χ2v) is 4.74. The van der Waals surface area contributed by atoms with Crippen molar-refractivity contribution in [3.8, 4) is 11.8 Å². The molecule has 1 aliphatic carbocycles. The first-order valence-corrected chi connectivity index (χ1v) is 6.21. The molecule has 1 aromatic rings. The maximum absolute atomic E-state index is 4.14. The van der Waals surface area contributed by atoms with Crippen LogP contribution < -0.4 is 0 Å². The minimum atomic E-state index is 0.858. The molecule has 1 aliphatic rings. The van der Waals surface area contributed by atoms with Crippen LogP contribution in [-0.2, 0) is 0 Å². The van der Waals surface area contributed by atoms with E-state index < -0.39 is 0 Å². The normalized spacial score (nSPS) is 17.4. The molecule has 1 aromatic heterocycles. The van der Waals surface area contributed by atoms with Crippen LogP contribution in [0.1, 0.15) is 43.5 Å². The van der Waals surface area contributed by atoms with Gasteiger partial charge in [-0.25, -0.2) is 4.98 Å². The van der Waals surface area contributed by atoms with Crippen molar-refractivity contribution in [2.24, 2.45) is 5.92 Å². The van der Waals surface area contributed by atoms with Crippen LogP contribution in [0.5, 0.6) is 0 Å². The lowest BCUT2D eigenvalue weighted by Crippen LogP contribution is -2.04. The van der Waals surface area contributed by atoms with Gasteiger partial charge < -0.3 is 0 Å². The van der Waals surface area contributed by atoms with Crippen LogP contribution in [0, 0.1) is 17.8 Å². The maximum Gasteiger partial charge on any atom is 0.166 e. The van der Waals surface area contributed by atoms with Gasteiger partial charge in [0.15, 0.2) is 5.01 Å². The van der Waals surface area contributed by atoms with Crippen molar-refractivity contribution in [1.29, 1.82) is 0 Å². The van der Waals surface area contributed by atoms with Crippen molar-refractivity contribution in [3.05, 3.63) is 16.6 Å². The topological polar surface area (TPSA) is 12.9 Å². The SMILES string of the molecule is C(#Cc1nccs1)CC1CCCCC1. The Morgan fingerprint density at radius 3 is 2.93 bits per heavy atom. The molecule has 1 saturated carbocycles. The third-order valence-corrected chi connectivity index (χ3v) is 3.43. The van der Waals surface area contributed by atoms with E-state index in [-0.39, 0.29) is 0 Å². The van der Waals surface area contributed by atoms with E-state index in [2.05, 4.69) is 16.8 Å². The predicted molar refractivity (Wildman–Crippen MR) is 60.2 cm³/mol. The molecule has 14 heavy (non-hydrogen) atoms. The number of aromatic nitrogens is 1. The lowest BCUT2D eigenvalue weighted by molar-refractivity contribution is 0.365. The van der Waals surface area contributed by atoms with Crippen LogP contribution in [0.2, 0.25) is 0 Å². The summed E-state index contributed by atoms with van der Waals surface area (Å²) in [4.78, 5) is 4.14. The standard InChI is InChI=1S/C12H15NS/c1-2-5-11(6-3-1)7-4-8-12-13-9-10-14-12/h9-11H,1-3,5-7H2. The van der Waals surface area contributed by atoms with E-state index in [0.29, 0.717) is 0 Å². The highest BCUT2D eigenvalue weighted by molar-refractivity contribution is 7.10. The Labute approximate surface area is 89.6 Å². The first-order chi connectivity index (χ1) is 6.95.